The molecule has 1 aliphatic rings. The zero-order valence-electron chi connectivity index (χ0n) is 22.0. The van der Waals surface area contributed by atoms with Crippen LogP contribution < -0.4 is 20.1 Å². The van der Waals surface area contributed by atoms with Crippen LogP contribution in [0.15, 0.2) is 36.4 Å². The number of carbonyl (C=O) groups is 3. The third-order valence-corrected chi connectivity index (χ3v) is 6.69. The molecule has 1 aliphatic carbocycles. The molecule has 38 heavy (non-hydrogen) atoms. The average Bonchev–Trinajstić information content (AvgIpc) is 3.55. The standard InChI is InChI=1S/C28H34N4O6/c1-4-29-26(34)17-38-27-22-12-11-21(30-25(33)13-18-7-5-6-8-18)15-23(22)32(31-27)16-20-10-9-19(28(35)37-3)14-24(20)36-2/h9-12,14-15,18H,4-8,13,16-17H2,1-3H3,(H,29,34)(H,30,33). The summed E-state index contributed by atoms with van der Waals surface area (Å²) in [4.78, 5) is 36.6. The molecule has 2 aromatic carbocycles. The number of esters is 1. The Bertz CT molecular complexity index is 1310. The van der Waals surface area contributed by atoms with Crippen molar-refractivity contribution in [3.8, 4) is 11.6 Å². The van der Waals surface area contributed by atoms with Crippen LogP contribution in [-0.2, 0) is 20.9 Å². The first-order valence-electron chi connectivity index (χ1n) is 12.9. The van der Waals surface area contributed by atoms with Crippen LogP contribution in [0.25, 0.3) is 10.9 Å². The number of methoxy groups -OCH3 is 2. The molecule has 4 rings (SSSR count). The van der Waals surface area contributed by atoms with E-state index in [1.165, 1.54) is 27.1 Å². The molecule has 0 saturated heterocycles. The summed E-state index contributed by atoms with van der Waals surface area (Å²) in [6.45, 7) is 2.47. The molecule has 0 atom stereocenters. The molecule has 3 aromatic rings. The van der Waals surface area contributed by atoms with E-state index in [1.807, 2.05) is 25.1 Å². The second-order valence-electron chi connectivity index (χ2n) is 9.36. The van der Waals surface area contributed by atoms with E-state index in [4.69, 9.17) is 14.2 Å². The van der Waals surface area contributed by atoms with Gasteiger partial charge in [0.25, 0.3) is 5.91 Å². The van der Waals surface area contributed by atoms with Crippen LogP contribution in [-0.4, -0.2) is 54.9 Å². The molecule has 2 N–H and O–H groups in total. The summed E-state index contributed by atoms with van der Waals surface area (Å²) in [7, 11) is 2.85. The van der Waals surface area contributed by atoms with Crippen LogP contribution in [0.5, 0.6) is 11.6 Å². The van der Waals surface area contributed by atoms with Gasteiger partial charge >= 0.3 is 5.97 Å². The normalized spacial score (nSPS) is 13.3. The highest BCUT2D eigenvalue weighted by Crippen LogP contribution is 2.31. The maximum absolute atomic E-state index is 12.7. The van der Waals surface area contributed by atoms with Gasteiger partial charge < -0.3 is 24.8 Å². The van der Waals surface area contributed by atoms with Crippen molar-refractivity contribution in [1.29, 1.82) is 0 Å². The number of amides is 2. The minimum atomic E-state index is -0.460. The highest BCUT2D eigenvalue weighted by Gasteiger charge is 2.20. The highest BCUT2D eigenvalue weighted by atomic mass is 16.5. The molecule has 202 valence electrons. The van der Waals surface area contributed by atoms with Gasteiger partial charge in [0, 0.05) is 24.2 Å². The molecule has 0 radical (unpaired) electrons. The Kier molecular flexibility index (Phi) is 8.83. The van der Waals surface area contributed by atoms with Gasteiger partial charge in [0.05, 0.1) is 37.2 Å². The van der Waals surface area contributed by atoms with E-state index in [1.54, 1.807) is 22.9 Å². The van der Waals surface area contributed by atoms with Gasteiger partial charge in [-0.05, 0) is 56.0 Å². The van der Waals surface area contributed by atoms with Crippen LogP contribution >= 0.6 is 0 Å². The molecule has 0 aliphatic heterocycles. The number of ether oxygens (including phenoxy) is 3. The fourth-order valence-electron chi connectivity index (χ4n) is 4.80. The van der Waals surface area contributed by atoms with E-state index in [2.05, 4.69) is 15.7 Å². The predicted octanol–water partition coefficient (Wildman–Crippen LogP) is 3.91. The number of likely N-dealkylation sites (N-methyl/N-ethyl adjacent to an activating group) is 1. The van der Waals surface area contributed by atoms with Crippen molar-refractivity contribution in [2.45, 2.75) is 45.6 Å². The summed E-state index contributed by atoms with van der Waals surface area (Å²) in [5.41, 5.74) is 2.52. The number of aromatic nitrogens is 2. The van der Waals surface area contributed by atoms with Crippen LogP contribution in [0.3, 0.4) is 0 Å². The number of nitrogens with zero attached hydrogens (tertiary/aromatic N) is 2. The summed E-state index contributed by atoms with van der Waals surface area (Å²) < 4.78 is 17.8. The Morgan fingerprint density at radius 1 is 1.05 bits per heavy atom. The zero-order valence-corrected chi connectivity index (χ0v) is 22.0. The van der Waals surface area contributed by atoms with Gasteiger partial charge in [0.2, 0.25) is 11.8 Å². The fraction of sp³-hybridized carbons (Fsp3) is 0.429. The molecular formula is C28H34N4O6. The van der Waals surface area contributed by atoms with Gasteiger partial charge in [-0.15, -0.1) is 5.10 Å². The number of benzene rings is 2. The lowest BCUT2D eigenvalue weighted by molar-refractivity contribution is -0.123. The van der Waals surface area contributed by atoms with Crippen LogP contribution in [0.2, 0.25) is 0 Å². The number of anilines is 1. The first-order valence-corrected chi connectivity index (χ1v) is 12.9. The number of nitrogens with one attached hydrogen (secondary N) is 2. The average molecular weight is 523 g/mol. The van der Waals surface area contributed by atoms with Crippen molar-refractivity contribution >= 4 is 34.4 Å². The van der Waals surface area contributed by atoms with E-state index < -0.39 is 5.97 Å². The predicted molar refractivity (Wildman–Crippen MR) is 143 cm³/mol. The lowest BCUT2D eigenvalue weighted by Gasteiger charge is -2.12. The Balaban J connectivity index is 1.63. The number of carbonyl (C=O) groups excluding carboxylic acids is 3. The summed E-state index contributed by atoms with van der Waals surface area (Å²) >= 11 is 0. The highest BCUT2D eigenvalue weighted by molar-refractivity contribution is 5.95. The third-order valence-electron chi connectivity index (χ3n) is 6.69. The molecule has 10 nitrogen and oxygen atoms in total. The van der Waals surface area contributed by atoms with E-state index >= 15 is 0 Å². The van der Waals surface area contributed by atoms with Gasteiger partial charge in [0.15, 0.2) is 6.61 Å². The topological polar surface area (TPSA) is 121 Å². The van der Waals surface area contributed by atoms with Crippen molar-refractivity contribution in [3.05, 3.63) is 47.5 Å². The van der Waals surface area contributed by atoms with Gasteiger partial charge in [-0.3, -0.25) is 14.3 Å². The second-order valence-corrected chi connectivity index (χ2v) is 9.36. The van der Waals surface area contributed by atoms with E-state index in [0.717, 1.165) is 18.4 Å². The molecule has 0 spiro atoms. The third kappa shape index (κ3) is 6.42. The number of rotatable bonds is 11. The second kappa shape index (κ2) is 12.4. The molecule has 0 bridgehead atoms. The molecule has 1 heterocycles. The minimum absolute atomic E-state index is 0.00454. The van der Waals surface area contributed by atoms with Gasteiger partial charge in [-0.2, -0.15) is 0 Å². The minimum Gasteiger partial charge on any atom is -0.496 e. The van der Waals surface area contributed by atoms with Crippen molar-refractivity contribution in [2.75, 3.05) is 32.7 Å². The first kappa shape index (κ1) is 27.0. The van der Waals surface area contributed by atoms with Gasteiger partial charge in [0.1, 0.15) is 5.75 Å². The SMILES string of the molecule is CCNC(=O)COc1nn(Cc2ccc(C(=O)OC)cc2OC)c2cc(NC(=O)CC3CCCC3)ccc12. The van der Waals surface area contributed by atoms with Crippen molar-refractivity contribution in [2.24, 2.45) is 5.92 Å². The number of hydrogen-bond acceptors (Lipinski definition) is 7. The van der Waals surface area contributed by atoms with E-state index in [9.17, 15) is 14.4 Å². The molecule has 10 heteroatoms. The summed E-state index contributed by atoms with van der Waals surface area (Å²) in [5.74, 6) is 0.543. The van der Waals surface area contributed by atoms with Crippen molar-refractivity contribution in [1.82, 2.24) is 15.1 Å². The van der Waals surface area contributed by atoms with Gasteiger partial charge in [-0.1, -0.05) is 18.9 Å². The van der Waals surface area contributed by atoms with Crippen LogP contribution in [0.4, 0.5) is 5.69 Å². The zero-order chi connectivity index (χ0) is 27.1. The largest absolute Gasteiger partial charge is 0.496 e. The monoisotopic (exact) mass is 522 g/mol. The Hall–Kier alpha value is -4.08. The maximum atomic E-state index is 12.7. The van der Waals surface area contributed by atoms with E-state index in [-0.39, 0.29) is 18.4 Å². The Labute approximate surface area is 221 Å². The lowest BCUT2D eigenvalue weighted by Crippen LogP contribution is -2.28. The quantitative estimate of drug-likeness (QED) is 0.366. The van der Waals surface area contributed by atoms with Crippen molar-refractivity contribution < 1.29 is 28.6 Å². The molecule has 1 aromatic heterocycles. The smallest absolute Gasteiger partial charge is 0.337 e. The molecule has 0 unspecified atom stereocenters. The molecular weight excluding hydrogens is 488 g/mol. The van der Waals surface area contributed by atoms with Gasteiger partial charge in [-0.25, -0.2) is 4.79 Å². The maximum Gasteiger partial charge on any atom is 0.337 e. The Morgan fingerprint density at radius 2 is 1.84 bits per heavy atom. The number of hydrogen-bond donors (Lipinski definition) is 2. The Morgan fingerprint density at radius 3 is 2.55 bits per heavy atom. The molecule has 2 amide bonds. The van der Waals surface area contributed by atoms with E-state index in [0.29, 0.717) is 59.2 Å². The lowest BCUT2D eigenvalue weighted by atomic mass is 10.0. The number of fused-ring (bicyclic) bond motifs is 1. The first-order chi connectivity index (χ1) is 18.4. The summed E-state index contributed by atoms with van der Waals surface area (Å²) in [6.07, 6.45) is 5.09. The summed E-state index contributed by atoms with van der Waals surface area (Å²) in [5, 5.41) is 11.0. The fourth-order valence-corrected chi connectivity index (χ4v) is 4.80. The van der Waals surface area contributed by atoms with Crippen LogP contribution in [0, 0.1) is 5.92 Å². The molecule has 1 saturated carbocycles. The molecule has 1 fully saturated rings. The summed E-state index contributed by atoms with van der Waals surface area (Å²) in [6, 6.07) is 10.6. The van der Waals surface area contributed by atoms with Crippen LogP contribution in [0.1, 0.15) is 54.9 Å². The van der Waals surface area contributed by atoms with Crippen molar-refractivity contribution in [3.63, 3.8) is 0 Å².